The maximum Gasteiger partial charge on any atom is 0.326 e. The number of carboxylic acid groups (broad SMARTS) is 2. The third-order valence-electron chi connectivity index (χ3n) is 2.44. The summed E-state index contributed by atoms with van der Waals surface area (Å²) >= 11 is 0. The van der Waals surface area contributed by atoms with Crippen molar-refractivity contribution in [1.82, 2.24) is 5.32 Å². The molecule has 7 nitrogen and oxygen atoms in total. The molecule has 0 aliphatic carbocycles. The van der Waals surface area contributed by atoms with E-state index in [-0.39, 0.29) is 19.3 Å². The standard InChI is InChI=1S/C13H15NO6/c15-11(7-6-9-3-2-8-20-9)14-10(13(18)19)4-1-5-12(16)17/h2-3,6-8,10H,1,4-5H2,(H,14,15)(H,16,17)(H,18,19)/b7-6+/t10-/m1/s1. The van der Waals surface area contributed by atoms with Crippen LogP contribution in [0.2, 0.25) is 0 Å². The van der Waals surface area contributed by atoms with Gasteiger partial charge in [0.05, 0.1) is 6.26 Å². The number of carbonyl (C=O) groups is 3. The molecule has 0 aliphatic rings. The van der Waals surface area contributed by atoms with Crippen molar-refractivity contribution < 1.29 is 29.0 Å². The first-order valence-electron chi connectivity index (χ1n) is 5.95. The van der Waals surface area contributed by atoms with Crippen LogP contribution >= 0.6 is 0 Å². The van der Waals surface area contributed by atoms with E-state index < -0.39 is 23.9 Å². The average molecular weight is 281 g/mol. The van der Waals surface area contributed by atoms with Gasteiger partial charge in [0.25, 0.3) is 0 Å². The number of nitrogens with one attached hydrogen (secondary N) is 1. The van der Waals surface area contributed by atoms with Crippen LogP contribution in [0.15, 0.2) is 28.9 Å². The molecule has 1 rings (SSSR count). The minimum absolute atomic E-state index is 0.0575. The molecule has 108 valence electrons. The molecule has 1 heterocycles. The Morgan fingerprint density at radius 3 is 2.65 bits per heavy atom. The van der Waals surface area contributed by atoms with Crippen molar-refractivity contribution in [2.24, 2.45) is 0 Å². The minimum Gasteiger partial charge on any atom is -0.481 e. The average Bonchev–Trinajstić information content (AvgIpc) is 2.87. The summed E-state index contributed by atoms with van der Waals surface area (Å²) < 4.78 is 4.98. The van der Waals surface area contributed by atoms with Crippen LogP contribution in [-0.4, -0.2) is 34.1 Å². The second-order valence-corrected chi connectivity index (χ2v) is 4.03. The molecule has 1 amide bonds. The molecule has 0 spiro atoms. The van der Waals surface area contributed by atoms with Crippen LogP contribution in [0.1, 0.15) is 25.0 Å². The lowest BCUT2D eigenvalue weighted by atomic mass is 10.1. The van der Waals surface area contributed by atoms with E-state index in [1.807, 2.05) is 0 Å². The fraction of sp³-hybridized carbons (Fsp3) is 0.308. The van der Waals surface area contributed by atoms with Crippen LogP contribution in [0.25, 0.3) is 6.08 Å². The molecule has 1 aromatic heterocycles. The largest absolute Gasteiger partial charge is 0.481 e. The second-order valence-electron chi connectivity index (χ2n) is 4.03. The molecular weight excluding hydrogens is 266 g/mol. The SMILES string of the molecule is O=C(O)CCC[C@@H](NC(=O)/C=C/c1ccco1)C(=O)O. The van der Waals surface area contributed by atoms with E-state index in [0.717, 1.165) is 6.08 Å². The minimum atomic E-state index is -1.20. The Hall–Kier alpha value is -2.57. The van der Waals surface area contributed by atoms with E-state index >= 15 is 0 Å². The van der Waals surface area contributed by atoms with Gasteiger partial charge in [-0.05, 0) is 31.1 Å². The van der Waals surface area contributed by atoms with Crippen molar-refractivity contribution in [1.29, 1.82) is 0 Å². The quantitative estimate of drug-likeness (QED) is 0.615. The molecular formula is C13H15NO6. The van der Waals surface area contributed by atoms with Crippen LogP contribution in [0.5, 0.6) is 0 Å². The number of hydrogen-bond acceptors (Lipinski definition) is 4. The Balaban J connectivity index is 2.46. The lowest BCUT2D eigenvalue weighted by molar-refractivity contribution is -0.142. The van der Waals surface area contributed by atoms with Crippen LogP contribution in [0, 0.1) is 0 Å². The zero-order valence-corrected chi connectivity index (χ0v) is 10.6. The maximum atomic E-state index is 11.5. The van der Waals surface area contributed by atoms with Crippen molar-refractivity contribution in [2.45, 2.75) is 25.3 Å². The molecule has 0 unspecified atom stereocenters. The number of hydrogen-bond donors (Lipinski definition) is 3. The first-order chi connectivity index (χ1) is 9.49. The molecule has 0 aliphatic heterocycles. The lowest BCUT2D eigenvalue weighted by Gasteiger charge is -2.12. The fourth-order valence-electron chi connectivity index (χ4n) is 1.48. The Bertz CT molecular complexity index is 491. The van der Waals surface area contributed by atoms with Gasteiger partial charge in [-0.15, -0.1) is 0 Å². The summed E-state index contributed by atoms with van der Waals surface area (Å²) in [5.41, 5.74) is 0. The molecule has 0 bridgehead atoms. The van der Waals surface area contributed by atoms with Gasteiger partial charge in [-0.3, -0.25) is 9.59 Å². The molecule has 0 saturated carbocycles. The first-order valence-corrected chi connectivity index (χ1v) is 5.95. The van der Waals surface area contributed by atoms with E-state index in [9.17, 15) is 14.4 Å². The number of amides is 1. The zero-order chi connectivity index (χ0) is 15.0. The first kappa shape index (κ1) is 15.5. The van der Waals surface area contributed by atoms with Crippen molar-refractivity contribution in [3.8, 4) is 0 Å². The fourth-order valence-corrected chi connectivity index (χ4v) is 1.48. The zero-order valence-electron chi connectivity index (χ0n) is 10.6. The van der Waals surface area contributed by atoms with E-state index in [4.69, 9.17) is 14.6 Å². The summed E-state index contributed by atoms with van der Waals surface area (Å²) in [7, 11) is 0. The number of carbonyl (C=O) groups excluding carboxylic acids is 1. The van der Waals surface area contributed by atoms with Gasteiger partial charge >= 0.3 is 11.9 Å². The summed E-state index contributed by atoms with van der Waals surface area (Å²) in [5, 5.41) is 19.7. The number of aliphatic carboxylic acids is 2. The summed E-state index contributed by atoms with van der Waals surface area (Å²) in [4.78, 5) is 32.8. The predicted molar refractivity (Wildman–Crippen MR) is 68.8 cm³/mol. The topological polar surface area (TPSA) is 117 Å². The number of furan rings is 1. The Kier molecular flexibility index (Phi) is 6.02. The highest BCUT2D eigenvalue weighted by Gasteiger charge is 2.18. The van der Waals surface area contributed by atoms with Gasteiger partial charge in [0.2, 0.25) is 5.91 Å². The maximum absolute atomic E-state index is 11.5. The number of carboxylic acids is 2. The molecule has 0 saturated heterocycles. The van der Waals surface area contributed by atoms with Crippen molar-refractivity contribution in [2.75, 3.05) is 0 Å². The molecule has 0 radical (unpaired) electrons. The van der Waals surface area contributed by atoms with Gasteiger partial charge in [0.1, 0.15) is 11.8 Å². The highest BCUT2D eigenvalue weighted by molar-refractivity contribution is 5.94. The molecule has 0 aromatic carbocycles. The van der Waals surface area contributed by atoms with Crippen LogP contribution in [0.4, 0.5) is 0 Å². The van der Waals surface area contributed by atoms with E-state index in [1.165, 1.54) is 12.3 Å². The highest BCUT2D eigenvalue weighted by Crippen LogP contribution is 2.04. The summed E-state index contributed by atoms with van der Waals surface area (Å²) in [6, 6.07) is 2.19. The molecule has 1 aromatic rings. The molecule has 7 heteroatoms. The van der Waals surface area contributed by atoms with Gasteiger partial charge in [0.15, 0.2) is 0 Å². The second kappa shape index (κ2) is 7.78. The highest BCUT2D eigenvalue weighted by atomic mass is 16.4. The summed E-state index contributed by atoms with van der Waals surface area (Å²) in [6.07, 6.45) is 4.11. The summed E-state index contributed by atoms with van der Waals surface area (Å²) in [6.45, 7) is 0. The van der Waals surface area contributed by atoms with Crippen LogP contribution in [0.3, 0.4) is 0 Å². The van der Waals surface area contributed by atoms with E-state index in [1.54, 1.807) is 12.1 Å². The van der Waals surface area contributed by atoms with Crippen LogP contribution < -0.4 is 5.32 Å². The van der Waals surface area contributed by atoms with Crippen LogP contribution in [-0.2, 0) is 14.4 Å². The molecule has 0 fully saturated rings. The third kappa shape index (κ3) is 5.85. The molecule has 20 heavy (non-hydrogen) atoms. The van der Waals surface area contributed by atoms with Gasteiger partial charge in [-0.25, -0.2) is 4.79 Å². The monoisotopic (exact) mass is 281 g/mol. The Labute approximate surface area is 114 Å². The predicted octanol–water partition coefficient (Wildman–Crippen LogP) is 1.12. The normalized spacial score (nSPS) is 12.2. The van der Waals surface area contributed by atoms with E-state index in [2.05, 4.69) is 5.32 Å². The van der Waals surface area contributed by atoms with Gasteiger partial charge in [0, 0.05) is 12.5 Å². The van der Waals surface area contributed by atoms with E-state index in [0.29, 0.717) is 5.76 Å². The smallest absolute Gasteiger partial charge is 0.326 e. The van der Waals surface area contributed by atoms with Crippen molar-refractivity contribution >= 4 is 23.9 Å². The molecule has 3 N–H and O–H groups in total. The van der Waals surface area contributed by atoms with Gasteiger partial charge < -0.3 is 19.9 Å². The van der Waals surface area contributed by atoms with Crippen molar-refractivity contribution in [3.05, 3.63) is 30.2 Å². The molecule has 1 atom stereocenters. The van der Waals surface area contributed by atoms with Crippen molar-refractivity contribution in [3.63, 3.8) is 0 Å². The third-order valence-corrected chi connectivity index (χ3v) is 2.44. The van der Waals surface area contributed by atoms with Gasteiger partial charge in [-0.2, -0.15) is 0 Å². The lowest BCUT2D eigenvalue weighted by Crippen LogP contribution is -2.40. The van der Waals surface area contributed by atoms with Gasteiger partial charge in [-0.1, -0.05) is 0 Å². The Morgan fingerprint density at radius 1 is 1.35 bits per heavy atom. The Morgan fingerprint density at radius 2 is 2.10 bits per heavy atom. The summed E-state index contributed by atoms with van der Waals surface area (Å²) in [5.74, 6) is -2.31. The number of rotatable bonds is 8.